The Morgan fingerprint density at radius 2 is 2.00 bits per heavy atom. The predicted octanol–water partition coefficient (Wildman–Crippen LogP) is 0.0912. The fraction of sp³-hybridized carbons (Fsp3) is 0.111. The predicted molar refractivity (Wildman–Crippen MR) is 48.8 cm³/mol. The summed E-state index contributed by atoms with van der Waals surface area (Å²) < 4.78 is 0. The maximum Gasteiger partial charge on any atom is 0.177 e. The molecule has 0 saturated carbocycles. The highest BCUT2D eigenvalue weighted by Crippen LogP contribution is 1.81. The average molecular weight is 182 g/mol. The summed E-state index contributed by atoms with van der Waals surface area (Å²) in [6.07, 6.45) is 1.64. The highest BCUT2D eigenvalue weighted by atomic mass is 35.5. The van der Waals surface area contributed by atoms with Crippen molar-refractivity contribution in [1.29, 1.82) is 0 Å². The molecule has 0 bridgehead atoms. The Kier molecular flexibility index (Phi) is 2.61. The van der Waals surface area contributed by atoms with Crippen LogP contribution >= 0.6 is 12.4 Å². The van der Waals surface area contributed by atoms with Gasteiger partial charge in [-0.05, 0) is 12.1 Å². The first-order valence-corrected chi connectivity index (χ1v) is 3.50. The van der Waals surface area contributed by atoms with Crippen molar-refractivity contribution >= 4 is 24.3 Å². The Morgan fingerprint density at radius 1 is 1.25 bits per heavy atom. The first kappa shape index (κ1) is 8.94. The van der Waals surface area contributed by atoms with E-state index in [0.717, 1.165) is 10.6 Å². The van der Waals surface area contributed by atoms with E-state index in [4.69, 9.17) is 0 Å². The van der Waals surface area contributed by atoms with Crippen LogP contribution in [-0.4, -0.2) is 12.3 Å². The first-order chi connectivity index (χ1) is 5.36. The highest BCUT2D eigenvalue weighted by Gasteiger charge is 1.99. The third kappa shape index (κ3) is 1.53. The second kappa shape index (κ2) is 3.50. The summed E-state index contributed by atoms with van der Waals surface area (Å²) in [7, 11) is 0. The van der Waals surface area contributed by atoms with Crippen LogP contribution in [0.4, 0.5) is 0 Å². The van der Waals surface area contributed by atoms with Gasteiger partial charge in [-0.15, -0.1) is 12.4 Å². The maximum atomic E-state index is 10.9. The number of hydrogen-bond acceptors (Lipinski definition) is 2. The van der Waals surface area contributed by atoms with Crippen LogP contribution in [0, 0.1) is 0 Å². The number of carbonyl (C=O) groups is 1. The second-order valence-corrected chi connectivity index (χ2v) is 2.49. The molecule has 2 rings (SSSR count). The van der Waals surface area contributed by atoms with E-state index in [-0.39, 0.29) is 18.2 Å². The van der Waals surface area contributed by atoms with Crippen LogP contribution in [0.1, 0.15) is 0 Å². The van der Waals surface area contributed by atoms with E-state index >= 15 is 0 Å². The summed E-state index contributed by atoms with van der Waals surface area (Å²) in [4.78, 5) is 15.0. The van der Waals surface area contributed by atoms with Gasteiger partial charge in [0, 0.05) is 5.22 Å². The molecule has 1 heterocycles. The van der Waals surface area contributed by atoms with Gasteiger partial charge < -0.3 is 0 Å². The minimum atomic E-state index is 0. The average Bonchev–Trinajstić information content (AvgIpc) is 2.04. The van der Waals surface area contributed by atoms with Crippen LogP contribution < -0.4 is 10.6 Å². The zero-order chi connectivity index (χ0) is 7.68. The van der Waals surface area contributed by atoms with E-state index in [1.165, 1.54) is 0 Å². The number of ketones is 1. The summed E-state index contributed by atoms with van der Waals surface area (Å²) in [5.41, 5.74) is 0. The molecule has 1 aliphatic heterocycles. The molecule has 0 fully saturated rings. The Bertz CT molecular complexity index is 411. The van der Waals surface area contributed by atoms with Gasteiger partial charge in [0.1, 0.15) is 6.54 Å². The first-order valence-electron chi connectivity index (χ1n) is 3.50. The summed E-state index contributed by atoms with van der Waals surface area (Å²) in [6, 6.07) is 7.64. The molecule has 0 aromatic heterocycles. The lowest BCUT2D eigenvalue weighted by Gasteiger charge is -1.96. The molecule has 3 heteroatoms. The van der Waals surface area contributed by atoms with Crippen LogP contribution in [-0.2, 0) is 4.79 Å². The van der Waals surface area contributed by atoms with E-state index in [1.807, 2.05) is 24.3 Å². The quantitative estimate of drug-likeness (QED) is 0.558. The van der Waals surface area contributed by atoms with Crippen molar-refractivity contribution in [3.63, 3.8) is 0 Å². The number of rotatable bonds is 0. The molecule has 12 heavy (non-hydrogen) atoms. The molecule has 1 aromatic carbocycles. The summed E-state index contributed by atoms with van der Waals surface area (Å²) in [5, 5.41) is 1.86. The molecule has 0 unspecified atom stereocenters. The van der Waals surface area contributed by atoms with E-state index < -0.39 is 0 Å². The molecule has 0 atom stereocenters. The van der Waals surface area contributed by atoms with Crippen molar-refractivity contribution in [2.24, 2.45) is 4.99 Å². The van der Waals surface area contributed by atoms with Crippen LogP contribution in [0.5, 0.6) is 0 Å². The second-order valence-electron chi connectivity index (χ2n) is 2.49. The molecule has 0 radical (unpaired) electrons. The summed E-state index contributed by atoms with van der Waals surface area (Å²) >= 11 is 0. The highest BCUT2D eigenvalue weighted by molar-refractivity contribution is 6.07. The number of benzene rings is 1. The van der Waals surface area contributed by atoms with E-state index in [0.29, 0.717) is 6.54 Å². The largest absolute Gasteiger partial charge is 0.293 e. The van der Waals surface area contributed by atoms with E-state index in [2.05, 4.69) is 4.99 Å². The van der Waals surface area contributed by atoms with Crippen molar-refractivity contribution < 1.29 is 4.79 Å². The van der Waals surface area contributed by atoms with Crippen molar-refractivity contribution in [2.75, 3.05) is 6.54 Å². The number of hydrogen-bond donors (Lipinski definition) is 0. The van der Waals surface area contributed by atoms with Gasteiger partial charge >= 0.3 is 0 Å². The minimum Gasteiger partial charge on any atom is -0.293 e. The Hall–Kier alpha value is -1.15. The van der Waals surface area contributed by atoms with E-state index in [1.54, 1.807) is 6.08 Å². The lowest BCUT2D eigenvalue weighted by atomic mass is 10.2. The molecule has 1 aliphatic rings. The topological polar surface area (TPSA) is 29.4 Å². The van der Waals surface area contributed by atoms with Crippen molar-refractivity contribution in [1.82, 2.24) is 0 Å². The lowest BCUT2D eigenvalue weighted by Crippen LogP contribution is -2.30. The fourth-order valence-electron chi connectivity index (χ4n) is 1.14. The zero-order valence-electron chi connectivity index (χ0n) is 6.36. The summed E-state index contributed by atoms with van der Waals surface area (Å²) in [6.45, 7) is 0.303. The third-order valence-corrected chi connectivity index (χ3v) is 1.66. The molecule has 0 aliphatic carbocycles. The van der Waals surface area contributed by atoms with Crippen molar-refractivity contribution in [2.45, 2.75) is 0 Å². The molecule has 0 N–H and O–H groups in total. The van der Waals surface area contributed by atoms with Gasteiger partial charge in [-0.1, -0.05) is 18.2 Å². The Labute approximate surface area is 76.0 Å². The van der Waals surface area contributed by atoms with Gasteiger partial charge in [0.25, 0.3) is 0 Å². The van der Waals surface area contributed by atoms with Crippen molar-refractivity contribution in [3.8, 4) is 0 Å². The van der Waals surface area contributed by atoms with Crippen LogP contribution in [0.15, 0.2) is 29.3 Å². The number of fused-ring (bicyclic) bond motifs is 1. The van der Waals surface area contributed by atoms with Gasteiger partial charge in [-0.2, -0.15) is 0 Å². The van der Waals surface area contributed by atoms with Crippen molar-refractivity contribution in [3.05, 3.63) is 34.8 Å². The Morgan fingerprint density at radius 3 is 2.83 bits per heavy atom. The normalized spacial score (nSPS) is 13.5. The SMILES string of the molecule is Cl.O=C1C=c2ccccc2=NC1. The van der Waals surface area contributed by atoms with Gasteiger partial charge in [0.15, 0.2) is 5.78 Å². The monoisotopic (exact) mass is 181 g/mol. The molecule has 0 amide bonds. The smallest absolute Gasteiger partial charge is 0.177 e. The summed E-state index contributed by atoms with van der Waals surface area (Å²) in [5.74, 6) is 0.0868. The number of nitrogens with zero attached hydrogens (tertiary/aromatic N) is 1. The maximum absolute atomic E-state index is 10.9. The number of halogens is 1. The third-order valence-electron chi connectivity index (χ3n) is 1.66. The minimum absolute atomic E-state index is 0. The van der Waals surface area contributed by atoms with Crippen LogP contribution in [0.25, 0.3) is 6.08 Å². The van der Waals surface area contributed by atoms with Gasteiger partial charge in [-0.25, -0.2) is 0 Å². The molecule has 0 saturated heterocycles. The van der Waals surface area contributed by atoms with E-state index in [9.17, 15) is 4.79 Å². The molecule has 2 nitrogen and oxygen atoms in total. The molecule has 0 spiro atoms. The number of para-hydroxylation sites is 1. The fourth-order valence-corrected chi connectivity index (χ4v) is 1.14. The van der Waals surface area contributed by atoms with Crippen LogP contribution in [0.3, 0.4) is 0 Å². The lowest BCUT2D eigenvalue weighted by molar-refractivity contribution is -0.112. The van der Waals surface area contributed by atoms with Gasteiger partial charge in [-0.3, -0.25) is 9.79 Å². The van der Waals surface area contributed by atoms with Crippen LogP contribution in [0.2, 0.25) is 0 Å². The standard InChI is InChI=1S/C9H7NO.ClH/c11-8-5-7-3-1-2-4-9(7)10-6-8;/h1-5H,6H2;1H. The molecular weight excluding hydrogens is 174 g/mol. The van der Waals surface area contributed by atoms with Gasteiger partial charge in [0.2, 0.25) is 0 Å². The molecule has 62 valence electrons. The number of Topliss-reactive ketones (excluding diaryl/α,β-unsaturated/α-hetero) is 1. The number of carbonyl (C=O) groups excluding carboxylic acids is 1. The zero-order valence-corrected chi connectivity index (χ0v) is 7.17. The Balaban J connectivity index is 0.000000720. The molecule has 1 aromatic rings. The van der Waals surface area contributed by atoms with Gasteiger partial charge in [0.05, 0.1) is 5.36 Å². The molecular formula is C9H8ClNO.